The van der Waals surface area contributed by atoms with E-state index < -0.39 is 0 Å². The molecule has 0 bridgehead atoms. The second kappa shape index (κ2) is 6.81. The highest BCUT2D eigenvalue weighted by Gasteiger charge is 2.00. The van der Waals surface area contributed by atoms with Crippen molar-refractivity contribution in [2.24, 2.45) is 0 Å². The number of nitrogens with one attached hydrogen (secondary N) is 1. The van der Waals surface area contributed by atoms with Crippen LogP contribution < -0.4 is 5.32 Å². The van der Waals surface area contributed by atoms with Crippen LogP contribution in [0.3, 0.4) is 0 Å². The summed E-state index contributed by atoms with van der Waals surface area (Å²) in [6.45, 7) is 0. The molecule has 0 saturated heterocycles. The number of aromatic hydroxyl groups is 2. The van der Waals surface area contributed by atoms with Gasteiger partial charge in [0, 0.05) is 17.6 Å². The summed E-state index contributed by atoms with van der Waals surface area (Å²) in [5.74, 6) is -0.287. The largest absolute Gasteiger partial charge is 0.504 e. The number of carbonyl (C=O) groups excluding carboxylic acids is 1. The highest BCUT2D eigenvalue weighted by molar-refractivity contribution is 6.17. The van der Waals surface area contributed by atoms with Gasteiger partial charge in [-0.05, 0) is 41.5 Å². The third-order valence-corrected chi connectivity index (χ3v) is 3.11. The van der Waals surface area contributed by atoms with Gasteiger partial charge in [0.15, 0.2) is 11.5 Å². The van der Waals surface area contributed by atoms with E-state index in [1.54, 1.807) is 24.3 Å². The second-order valence-corrected chi connectivity index (χ2v) is 4.67. The summed E-state index contributed by atoms with van der Waals surface area (Å²) < 4.78 is 0. The first-order chi connectivity index (χ1) is 10.1. The molecule has 0 aliphatic carbocycles. The predicted molar refractivity (Wildman–Crippen MR) is 83.4 cm³/mol. The molecule has 0 aliphatic heterocycles. The number of hydrogen-bond donors (Lipinski definition) is 3. The van der Waals surface area contributed by atoms with Gasteiger partial charge in [-0.1, -0.05) is 18.2 Å². The minimum Gasteiger partial charge on any atom is -0.504 e. The van der Waals surface area contributed by atoms with E-state index in [4.69, 9.17) is 11.6 Å². The van der Waals surface area contributed by atoms with Crippen LogP contribution in [0.4, 0.5) is 5.69 Å². The van der Waals surface area contributed by atoms with E-state index in [9.17, 15) is 15.0 Å². The Labute approximate surface area is 127 Å². The molecule has 5 heteroatoms. The molecule has 21 heavy (non-hydrogen) atoms. The molecule has 0 aromatic heterocycles. The van der Waals surface area contributed by atoms with Crippen molar-refractivity contribution in [3.8, 4) is 11.5 Å². The molecule has 0 saturated carbocycles. The van der Waals surface area contributed by atoms with Crippen molar-refractivity contribution in [2.75, 3.05) is 5.32 Å². The lowest BCUT2D eigenvalue weighted by molar-refractivity contribution is -0.111. The average Bonchev–Trinajstić information content (AvgIpc) is 2.49. The lowest BCUT2D eigenvalue weighted by Crippen LogP contribution is -2.07. The van der Waals surface area contributed by atoms with Crippen LogP contribution in [0.1, 0.15) is 11.1 Å². The smallest absolute Gasteiger partial charge is 0.248 e. The third-order valence-electron chi connectivity index (χ3n) is 2.80. The van der Waals surface area contributed by atoms with Crippen LogP contribution in [-0.4, -0.2) is 16.1 Å². The van der Waals surface area contributed by atoms with E-state index >= 15 is 0 Å². The number of phenolic OH excluding ortho intramolecular Hbond substituents is 2. The fraction of sp³-hybridized carbons (Fsp3) is 0.0625. The highest BCUT2D eigenvalue weighted by atomic mass is 35.5. The fourth-order valence-electron chi connectivity index (χ4n) is 1.68. The Morgan fingerprint density at radius 2 is 1.81 bits per heavy atom. The maximum absolute atomic E-state index is 11.8. The van der Waals surface area contributed by atoms with E-state index in [1.807, 2.05) is 12.1 Å². The van der Waals surface area contributed by atoms with Gasteiger partial charge < -0.3 is 15.5 Å². The van der Waals surface area contributed by atoms with Crippen molar-refractivity contribution in [2.45, 2.75) is 5.88 Å². The average molecular weight is 304 g/mol. The molecule has 3 N–H and O–H groups in total. The molecule has 0 atom stereocenters. The highest BCUT2D eigenvalue weighted by Crippen LogP contribution is 2.25. The normalized spacial score (nSPS) is 10.7. The number of alkyl halides is 1. The van der Waals surface area contributed by atoms with Crippen molar-refractivity contribution in [1.29, 1.82) is 0 Å². The van der Waals surface area contributed by atoms with Gasteiger partial charge in [-0.2, -0.15) is 0 Å². The van der Waals surface area contributed by atoms with Crippen LogP contribution >= 0.6 is 11.6 Å². The van der Waals surface area contributed by atoms with E-state index in [2.05, 4.69) is 5.32 Å². The molecule has 0 spiro atoms. The van der Waals surface area contributed by atoms with Gasteiger partial charge in [0.05, 0.1) is 0 Å². The van der Waals surface area contributed by atoms with Crippen molar-refractivity contribution >= 4 is 29.3 Å². The lowest BCUT2D eigenvalue weighted by Gasteiger charge is -2.03. The van der Waals surface area contributed by atoms with Crippen molar-refractivity contribution in [1.82, 2.24) is 0 Å². The number of phenols is 2. The van der Waals surface area contributed by atoms with Gasteiger partial charge in [0.2, 0.25) is 5.91 Å². The monoisotopic (exact) mass is 303 g/mol. The number of halogens is 1. The molecule has 4 nitrogen and oxygen atoms in total. The zero-order valence-electron chi connectivity index (χ0n) is 11.1. The SMILES string of the molecule is O=C(C=Cc1ccc(O)c(O)c1)Nc1ccc(CCl)cc1. The van der Waals surface area contributed by atoms with Crippen molar-refractivity contribution in [3.05, 3.63) is 59.7 Å². The van der Waals surface area contributed by atoms with Gasteiger partial charge in [-0.3, -0.25) is 4.79 Å². The maximum Gasteiger partial charge on any atom is 0.248 e. The van der Waals surface area contributed by atoms with Gasteiger partial charge in [-0.25, -0.2) is 0 Å². The van der Waals surface area contributed by atoms with Gasteiger partial charge in [0.25, 0.3) is 0 Å². The Bertz CT molecular complexity index is 666. The van der Waals surface area contributed by atoms with Crippen molar-refractivity contribution in [3.63, 3.8) is 0 Å². The number of amides is 1. The molecule has 2 aromatic rings. The number of hydrogen-bond acceptors (Lipinski definition) is 3. The molecule has 2 aromatic carbocycles. The first-order valence-electron chi connectivity index (χ1n) is 6.24. The van der Waals surface area contributed by atoms with E-state index in [0.29, 0.717) is 17.1 Å². The Hall–Kier alpha value is -2.46. The van der Waals surface area contributed by atoms with E-state index in [1.165, 1.54) is 18.2 Å². The maximum atomic E-state index is 11.8. The van der Waals surface area contributed by atoms with Gasteiger partial charge in [0.1, 0.15) is 0 Å². The van der Waals surface area contributed by atoms with Crippen molar-refractivity contribution < 1.29 is 15.0 Å². The second-order valence-electron chi connectivity index (χ2n) is 4.40. The molecule has 2 rings (SSSR count). The molecule has 0 aliphatic rings. The van der Waals surface area contributed by atoms with Crippen LogP contribution in [0.15, 0.2) is 48.5 Å². The van der Waals surface area contributed by atoms with E-state index in [-0.39, 0.29) is 17.4 Å². The quantitative estimate of drug-likeness (QED) is 0.460. The van der Waals surface area contributed by atoms with Gasteiger partial charge >= 0.3 is 0 Å². The summed E-state index contributed by atoms with van der Waals surface area (Å²) in [5.41, 5.74) is 2.26. The standard InChI is InChI=1S/C16H14ClNO3/c17-10-12-1-5-13(6-2-12)18-16(21)8-4-11-3-7-14(19)15(20)9-11/h1-9,19-20H,10H2,(H,18,21). The molecular weight excluding hydrogens is 290 g/mol. The molecule has 0 heterocycles. The Kier molecular flexibility index (Phi) is 4.85. The number of rotatable bonds is 4. The van der Waals surface area contributed by atoms with Crippen LogP contribution in [0, 0.1) is 0 Å². The Morgan fingerprint density at radius 3 is 2.43 bits per heavy atom. The summed E-state index contributed by atoms with van der Waals surface area (Å²) >= 11 is 5.69. The minimum atomic E-state index is -0.291. The molecule has 0 fully saturated rings. The Morgan fingerprint density at radius 1 is 1.10 bits per heavy atom. The summed E-state index contributed by atoms with van der Waals surface area (Å²) in [6, 6.07) is 11.5. The molecule has 0 radical (unpaired) electrons. The number of carbonyl (C=O) groups is 1. The number of benzene rings is 2. The van der Waals surface area contributed by atoms with Crippen LogP contribution in [0.25, 0.3) is 6.08 Å². The van der Waals surface area contributed by atoms with Crippen LogP contribution in [-0.2, 0) is 10.7 Å². The first kappa shape index (κ1) is 14.9. The summed E-state index contributed by atoms with van der Waals surface area (Å²) in [6.07, 6.45) is 2.89. The van der Waals surface area contributed by atoms with Crippen LogP contribution in [0.5, 0.6) is 11.5 Å². The zero-order valence-corrected chi connectivity index (χ0v) is 11.8. The first-order valence-corrected chi connectivity index (χ1v) is 6.78. The fourth-order valence-corrected chi connectivity index (χ4v) is 1.86. The topological polar surface area (TPSA) is 69.6 Å². The molecular formula is C16H14ClNO3. The molecule has 108 valence electrons. The molecule has 0 unspecified atom stereocenters. The van der Waals surface area contributed by atoms with Crippen LogP contribution in [0.2, 0.25) is 0 Å². The Balaban J connectivity index is 1.99. The summed E-state index contributed by atoms with van der Waals surface area (Å²) in [5, 5.41) is 21.3. The van der Waals surface area contributed by atoms with E-state index in [0.717, 1.165) is 5.56 Å². The minimum absolute atomic E-state index is 0.198. The zero-order chi connectivity index (χ0) is 15.2. The third kappa shape index (κ3) is 4.26. The number of anilines is 1. The predicted octanol–water partition coefficient (Wildman–Crippen LogP) is 3.49. The lowest BCUT2D eigenvalue weighted by atomic mass is 10.2. The molecule has 1 amide bonds. The summed E-state index contributed by atoms with van der Waals surface area (Å²) in [7, 11) is 0. The summed E-state index contributed by atoms with van der Waals surface area (Å²) in [4.78, 5) is 11.8. The van der Waals surface area contributed by atoms with Gasteiger partial charge in [-0.15, -0.1) is 11.6 Å².